The summed E-state index contributed by atoms with van der Waals surface area (Å²) >= 11 is 0. The van der Waals surface area contributed by atoms with Crippen molar-refractivity contribution in [1.82, 2.24) is 4.90 Å². The second kappa shape index (κ2) is 8.53. The van der Waals surface area contributed by atoms with Crippen LogP contribution >= 0.6 is 0 Å². The molecule has 0 spiro atoms. The van der Waals surface area contributed by atoms with E-state index in [4.69, 9.17) is 10.5 Å². The maximum atomic E-state index is 14.0. The second-order valence-electron chi connectivity index (χ2n) is 6.50. The van der Waals surface area contributed by atoms with Crippen LogP contribution < -0.4 is 11.1 Å². The molecule has 2 aromatic carbocycles. The number of anilines is 1. The normalized spacial score (nSPS) is 14.6. The van der Waals surface area contributed by atoms with Gasteiger partial charge in [-0.25, -0.2) is 9.18 Å². The third-order valence-corrected chi connectivity index (χ3v) is 4.57. The first-order valence-electron chi connectivity index (χ1n) is 8.84. The van der Waals surface area contributed by atoms with E-state index in [1.807, 2.05) is 30.3 Å². The summed E-state index contributed by atoms with van der Waals surface area (Å²) in [6.45, 7) is 1.27. The van der Waals surface area contributed by atoms with Gasteiger partial charge in [0, 0.05) is 24.7 Å². The highest BCUT2D eigenvalue weighted by molar-refractivity contribution is 5.93. The number of primary amides is 1. The molecule has 6 nitrogen and oxygen atoms in total. The fourth-order valence-electron chi connectivity index (χ4n) is 3.03. The van der Waals surface area contributed by atoms with Crippen LogP contribution in [0.2, 0.25) is 0 Å². The van der Waals surface area contributed by atoms with E-state index in [0.29, 0.717) is 25.9 Å². The zero-order valence-electron chi connectivity index (χ0n) is 14.9. The molecule has 1 aliphatic heterocycles. The van der Waals surface area contributed by atoms with Gasteiger partial charge in [-0.1, -0.05) is 30.3 Å². The molecule has 0 saturated carbocycles. The minimum atomic E-state index is -0.603. The molecule has 2 aromatic rings. The van der Waals surface area contributed by atoms with E-state index >= 15 is 0 Å². The third kappa shape index (κ3) is 4.97. The van der Waals surface area contributed by atoms with Gasteiger partial charge in [0.1, 0.15) is 12.4 Å². The van der Waals surface area contributed by atoms with Gasteiger partial charge in [-0.2, -0.15) is 0 Å². The molecule has 3 N–H and O–H groups in total. The minimum absolute atomic E-state index is 0.000741. The summed E-state index contributed by atoms with van der Waals surface area (Å²) in [7, 11) is 0. The highest BCUT2D eigenvalue weighted by Gasteiger charge is 2.24. The number of benzene rings is 2. The van der Waals surface area contributed by atoms with E-state index in [9.17, 15) is 14.0 Å². The van der Waals surface area contributed by atoms with Gasteiger partial charge in [-0.3, -0.25) is 4.79 Å². The van der Waals surface area contributed by atoms with E-state index in [1.165, 1.54) is 18.2 Å². The molecule has 0 radical (unpaired) electrons. The molecule has 1 fully saturated rings. The number of likely N-dealkylation sites (tertiary alicyclic amines) is 1. The smallest absolute Gasteiger partial charge is 0.410 e. The molecule has 142 valence electrons. The van der Waals surface area contributed by atoms with Crippen molar-refractivity contribution in [3.05, 3.63) is 65.5 Å². The van der Waals surface area contributed by atoms with Gasteiger partial charge < -0.3 is 20.7 Å². The van der Waals surface area contributed by atoms with Gasteiger partial charge in [0.25, 0.3) is 0 Å². The molecule has 0 aliphatic carbocycles. The summed E-state index contributed by atoms with van der Waals surface area (Å²) in [5.74, 6) is -1.04. The number of carbonyl (C=O) groups excluding carboxylic acids is 2. The maximum absolute atomic E-state index is 14.0. The van der Waals surface area contributed by atoms with Gasteiger partial charge >= 0.3 is 6.09 Å². The summed E-state index contributed by atoms with van der Waals surface area (Å²) in [5.41, 5.74) is 6.68. The van der Waals surface area contributed by atoms with Crippen LogP contribution in [0.5, 0.6) is 0 Å². The van der Waals surface area contributed by atoms with Gasteiger partial charge in [0.2, 0.25) is 5.91 Å². The number of hydrogen-bond acceptors (Lipinski definition) is 4. The largest absolute Gasteiger partial charge is 0.445 e. The minimum Gasteiger partial charge on any atom is -0.445 e. The Bertz CT molecular complexity index is 805. The lowest BCUT2D eigenvalue weighted by atomic mass is 10.0. The van der Waals surface area contributed by atoms with Crippen molar-refractivity contribution in [2.75, 3.05) is 18.4 Å². The van der Waals surface area contributed by atoms with E-state index in [2.05, 4.69) is 5.32 Å². The Morgan fingerprint density at radius 1 is 1.15 bits per heavy atom. The lowest BCUT2D eigenvalue weighted by Gasteiger charge is -2.32. The van der Waals surface area contributed by atoms with Crippen LogP contribution in [0.1, 0.15) is 28.8 Å². The molecule has 27 heavy (non-hydrogen) atoms. The van der Waals surface area contributed by atoms with Crippen molar-refractivity contribution >= 4 is 17.7 Å². The number of rotatable bonds is 5. The SMILES string of the molecule is NC(=O)c1ccc(F)c(NC2CCN(C(=O)OCc3ccccc3)CC2)c1. The van der Waals surface area contributed by atoms with Crippen molar-refractivity contribution in [1.29, 1.82) is 0 Å². The second-order valence-corrected chi connectivity index (χ2v) is 6.50. The number of halogens is 1. The van der Waals surface area contributed by atoms with E-state index < -0.39 is 11.7 Å². The molecule has 0 unspecified atom stereocenters. The van der Waals surface area contributed by atoms with Crippen LogP contribution in [-0.2, 0) is 11.3 Å². The van der Waals surface area contributed by atoms with E-state index in [0.717, 1.165) is 5.56 Å². The molecule has 1 heterocycles. The molecule has 7 heteroatoms. The monoisotopic (exact) mass is 371 g/mol. The first-order chi connectivity index (χ1) is 13.0. The Hall–Kier alpha value is -3.09. The fourth-order valence-corrected chi connectivity index (χ4v) is 3.03. The number of ether oxygens (including phenoxy) is 1. The van der Waals surface area contributed by atoms with Gasteiger partial charge in [-0.05, 0) is 36.6 Å². The van der Waals surface area contributed by atoms with Gasteiger partial charge in [-0.15, -0.1) is 0 Å². The summed E-state index contributed by atoms with van der Waals surface area (Å²) in [6.07, 6.45) is 0.959. The predicted octanol–water partition coefficient (Wildman–Crippen LogP) is 3.14. The highest BCUT2D eigenvalue weighted by Crippen LogP contribution is 2.21. The Morgan fingerprint density at radius 3 is 2.52 bits per heavy atom. The van der Waals surface area contributed by atoms with E-state index in [-0.39, 0.29) is 30.0 Å². The molecule has 0 aromatic heterocycles. The Labute approximate surface area is 157 Å². The molecule has 0 bridgehead atoms. The van der Waals surface area contributed by atoms with Crippen molar-refractivity contribution < 1.29 is 18.7 Å². The van der Waals surface area contributed by atoms with Gasteiger partial charge in [0.15, 0.2) is 0 Å². The maximum Gasteiger partial charge on any atom is 0.410 e. The number of nitrogens with zero attached hydrogens (tertiary/aromatic N) is 1. The average Bonchev–Trinajstić information content (AvgIpc) is 2.69. The van der Waals surface area contributed by atoms with Crippen LogP contribution in [0, 0.1) is 5.82 Å². The van der Waals surface area contributed by atoms with Crippen LogP contribution in [0.4, 0.5) is 14.9 Å². The van der Waals surface area contributed by atoms with Crippen molar-refractivity contribution in [3.8, 4) is 0 Å². The zero-order chi connectivity index (χ0) is 19.2. The lowest BCUT2D eigenvalue weighted by Crippen LogP contribution is -2.42. The van der Waals surface area contributed by atoms with E-state index in [1.54, 1.807) is 4.90 Å². The van der Waals surface area contributed by atoms with Crippen LogP contribution in [0.25, 0.3) is 0 Å². The quantitative estimate of drug-likeness (QED) is 0.846. The summed E-state index contributed by atoms with van der Waals surface area (Å²) in [6, 6.07) is 13.5. The van der Waals surface area contributed by atoms with Crippen LogP contribution in [0.3, 0.4) is 0 Å². The third-order valence-electron chi connectivity index (χ3n) is 4.57. The first kappa shape index (κ1) is 18.7. The first-order valence-corrected chi connectivity index (χ1v) is 8.84. The average molecular weight is 371 g/mol. The summed E-state index contributed by atoms with van der Waals surface area (Å²) in [4.78, 5) is 25.1. The van der Waals surface area contributed by atoms with Crippen molar-refractivity contribution in [2.24, 2.45) is 5.73 Å². The molecule has 1 aliphatic rings. The van der Waals surface area contributed by atoms with Crippen molar-refractivity contribution in [3.63, 3.8) is 0 Å². The standard InChI is InChI=1S/C20H22FN3O3/c21-17-7-6-15(19(22)25)12-18(17)23-16-8-10-24(11-9-16)20(26)27-13-14-4-2-1-3-5-14/h1-7,12,16,23H,8-11,13H2,(H2,22,25). The Kier molecular flexibility index (Phi) is 5.90. The zero-order valence-corrected chi connectivity index (χ0v) is 14.9. The summed E-state index contributed by atoms with van der Waals surface area (Å²) in [5, 5.41) is 3.10. The lowest BCUT2D eigenvalue weighted by molar-refractivity contribution is 0.0881. The number of hydrogen-bond donors (Lipinski definition) is 2. The van der Waals surface area contributed by atoms with Crippen LogP contribution in [-0.4, -0.2) is 36.0 Å². The number of nitrogens with one attached hydrogen (secondary N) is 1. The topological polar surface area (TPSA) is 84.7 Å². The number of piperidine rings is 1. The van der Waals surface area contributed by atoms with Gasteiger partial charge in [0.05, 0.1) is 5.69 Å². The molecule has 3 rings (SSSR count). The fraction of sp³-hybridized carbons (Fsp3) is 0.300. The molecule has 0 atom stereocenters. The molecular weight excluding hydrogens is 349 g/mol. The Balaban J connectivity index is 1.49. The summed E-state index contributed by atoms with van der Waals surface area (Å²) < 4.78 is 19.3. The predicted molar refractivity (Wildman–Crippen MR) is 99.8 cm³/mol. The highest BCUT2D eigenvalue weighted by atomic mass is 19.1. The number of nitrogens with two attached hydrogens (primary N) is 1. The Morgan fingerprint density at radius 2 is 1.85 bits per heavy atom. The van der Waals surface area contributed by atoms with Crippen molar-refractivity contribution in [2.45, 2.75) is 25.5 Å². The molecular formula is C20H22FN3O3. The molecule has 1 saturated heterocycles. The molecule has 2 amide bonds. The number of amides is 2. The number of carbonyl (C=O) groups is 2. The van der Waals surface area contributed by atoms with Crippen LogP contribution in [0.15, 0.2) is 48.5 Å².